The predicted octanol–water partition coefficient (Wildman–Crippen LogP) is 4.86. The van der Waals surface area contributed by atoms with E-state index < -0.39 is 0 Å². The Balaban J connectivity index is 1.27. The topological polar surface area (TPSA) is 72.7 Å². The van der Waals surface area contributed by atoms with Gasteiger partial charge in [0.25, 0.3) is 5.91 Å². The molecule has 0 spiro atoms. The third-order valence-electron chi connectivity index (χ3n) is 4.64. The second kappa shape index (κ2) is 7.88. The number of carbonyl (C=O) groups excluding carboxylic acids is 1. The highest BCUT2D eigenvalue weighted by Gasteiger charge is 2.12. The fourth-order valence-electron chi connectivity index (χ4n) is 3.14. The van der Waals surface area contributed by atoms with Crippen LogP contribution in [0.1, 0.15) is 16.1 Å². The summed E-state index contributed by atoms with van der Waals surface area (Å²) in [5.74, 6) is -0.290. The molecule has 0 aliphatic heterocycles. The normalized spacial score (nSPS) is 10.9. The molecule has 0 aliphatic rings. The number of carbonyl (C=O) groups is 1. The number of hydrogen-bond acceptors (Lipinski definition) is 5. The van der Waals surface area contributed by atoms with Crippen molar-refractivity contribution in [1.82, 2.24) is 20.0 Å². The number of benzene rings is 3. The van der Waals surface area contributed by atoms with Gasteiger partial charge >= 0.3 is 0 Å². The van der Waals surface area contributed by atoms with Crippen molar-refractivity contribution in [2.75, 3.05) is 5.32 Å². The maximum Gasteiger partial charge on any atom is 0.277 e. The smallest absolute Gasteiger partial charge is 0.277 e. The first-order valence-corrected chi connectivity index (χ1v) is 10.3. The van der Waals surface area contributed by atoms with E-state index in [-0.39, 0.29) is 11.6 Å². The van der Waals surface area contributed by atoms with Crippen molar-refractivity contribution in [2.45, 2.75) is 6.54 Å². The molecule has 1 amide bonds. The first-order chi connectivity index (χ1) is 14.7. The van der Waals surface area contributed by atoms with E-state index in [9.17, 15) is 4.79 Å². The Labute approximate surface area is 176 Å². The fraction of sp³-hybridized carbons (Fsp3) is 0.0435. The minimum absolute atomic E-state index is 0.279. The lowest BCUT2D eigenvalue weighted by atomic mass is 10.2. The molecule has 0 atom stereocenters. The SMILES string of the molecule is O=C(Nc1ccc(-c2nc3ccccc3s2)cc1)c1cn(Cc2ccccc2)nn1. The number of thiazole rings is 1. The van der Waals surface area contributed by atoms with Crippen LogP contribution in [0, 0.1) is 0 Å². The van der Waals surface area contributed by atoms with Gasteiger partial charge in [0, 0.05) is 11.3 Å². The van der Waals surface area contributed by atoms with Crippen molar-refractivity contribution >= 4 is 33.1 Å². The average Bonchev–Trinajstić information content (AvgIpc) is 3.42. The molecule has 0 saturated carbocycles. The molecule has 0 bridgehead atoms. The van der Waals surface area contributed by atoms with E-state index in [0.29, 0.717) is 12.2 Å². The first-order valence-electron chi connectivity index (χ1n) is 9.46. The summed E-state index contributed by atoms with van der Waals surface area (Å²) in [4.78, 5) is 17.2. The van der Waals surface area contributed by atoms with Crippen molar-refractivity contribution in [1.29, 1.82) is 0 Å². The van der Waals surface area contributed by atoms with Gasteiger partial charge in [0.15, 0.2) is 5.69 Å². The summed E-state index contributed by atoms with van der Waals surface area (Å²) >= 11 is 1.65. The summed E-state index contributed by atoms with van der Waals surface area (Å²) in [6, 6.07) is 25.6. The monoisotopic (exact) mass is 411 g/mol. The minimum atomic E-state index is -0.290. The molecule has 2 heterocycles. The molecule has 0 unspecified atom stereocenters. The maximum atomic E-state index is 12.5. The van der Waals surface area contributed by atoms with Gasteiger partial charge in [-0.3, -0.25) is 4.79 Å². The highest BCUT2D eigenvalue weighted by molar-refractivity contribution is 7.21. The van der Waals surface area contributed by atoms with Crippen molar-refractivity contribution in [3.8, 4) is 10.6 Å². The molecule has 5 rings (SSSR count). The molecule has 1 N–H and O–H groups in total. The van der Waals surface area contributed by atoms with Crippen LogP contribution in [0.5, 0.6) is 0 Å². The number of amides is 1. The van der Waals surface area contributed by atoms with Gasteiger partial charge in [-0.2, -0.15) is 0 Å². The number of fused-ring (bicyclic) bond motifs is 1. The van der Waals surface area contributed by atoms with Crippen LogP contribution in [0.25, 0.3) is 20.8 Å². The molecule has 30 heavy (non-hydrogen) atoms. The number of para-hydroxylation sites is 1. The summed E-state index contributed by atoms with van der Waals surface area (Å²) in [5.41, 5.74) is 4.08. The number of aromatic nitrogens is 4. The second-order valence-electron chi connectivity index (χ2n) is 6.81. The molecule has 0 fully saturated rings. The Morgan fingerprint density at radius 1 is 0.933 bits per heavy atom. The summed E-state index contributed by atoms with van der Waals surface area (Å²) in [6.07, 6.45) is 1.65. The molecule has 0 radical (unpaired) electrons. The van der Waals surface area contributed by atoms with Crippen LogP contribution < -0.4 is 5.32 Å². The largest absolute Gasteiger partial charge is 0.321 e. The highest BCUT2D eigenvalue weighted by Crippen LogP contribution is 2.30. The fourth-order valence-corrected chi connectivity index (χ4v) is 4.11. The van der Waals surface area contributed by atoms with Gasteiger partial charge in [0.2, 0.25) is 0 Å². The Hall–Kier alpha value is -3.84. The van der Waals surface area contributed by atoms with Gasteiger partial charge in [-0.15, -0.1) is 16.4 Å². The lowest BCUT2D eigenvalue weighted by molar-refractivity contribution is 0.102. The predicted molar refractivity (Wildman–Crippen MR) is 119 cm³/mol. The summed E-state index contributed by atoms with van der Waals surface area (Å²) in [7, 11) is 0. The van der Waals surface area contributed by atoms with Crippen LogP contribution >= 0.6 is 11.3 Å². The Morgan fingerprint density at radius 3 is 2.50 bits per heavy atom. The maximum absolute atomic E-state index is 12.5. The van der Waals surface area contributed by atoms with Crippen LogP contribution in [0.15, 0.2) is 85.1 Å². The van der Waals surface area contributed by atoms with E-state index in [1.54, 1.807) is 22.2 Å². The molecule has 7 heteroatoms. The van der Waals surface area contributed by atoms with E-state index in [1.807, 2.05) is 72.8 Å². The third-order valence-corrected chi connectivity index (χ3v) is 5.73. The zero-order chi connectivity index (χ0) is 20.3. The molecule has 5 aromatic rings. The molecule has 0 aliphatic carbocycles. The summed E-state index contributed by atoms with van der Waals surface area (Å²) in [6.45, 7) is 0.567. The Kier molecular flexibility index (Phi) is 4.78. The van der Waals surface area contributed by atoms with Crippen LogP contribution in [0.4, 0.5) is 5.69 Å². The van der Waals surface area contributed by atoms with E-state index in [2.05, 4.69) is 26.7 Å². The molecule has 3 aromatic carbocycles. The van der Waals surface area contributed by atoms with Crippen molar-refractivity contribution < 1.29 is 4.79 Å². The van der Waals surface area contributed by atoms with Gasteiger partial charge in [-0.25, -0.2) is 9.67 Å². The number of rotatable bonds is 5. The summed E-state index contributed by atoms with van der Waals surface area (Å²) in [5, 5.41) is 11.9. The number of anilines is 1. The zero-order valence-electron chi connectivity index (χ0n) is 15.9. The van der Waals surface area contributed by atoms with E-state index in [1.165, 1.54) is 0 Å². The Morgan fingerprint density at radius 2 is 1.70 bits per heavy atom. The minimum Gasteiger partial charge on any atom is -0.321 e. The van der Waals surface area contributed by atoms with Gasteiger partial charge in [-0.1, -0.05) is 47.7 Å². The third kappa shape index (κ3) is 3.83. The lowest BCUT2D eigenvalue weighted by Crippen LogP contribution is -2.12. The van der Waals surface area contributed by atoms with Crippen molar-refractivity contribution in [3.05, 3.63) is 96.3 Å². The number of nitrogens with one attached hydrogen (secondary N) is 1. The molecule has 146 valence electrons. The van der Waals surface area contributed by atoms with Gasteiger partial charge in [0.05, 0.1) is 23.0 Å². The standard InChI is InChI=1S/C23H17N5OS/c29-22(20-15-28(27-26-20)14-16-6-2-1-3-7-16)24-18-12-10-17(11-13-18)23-25-19-8-4-5-9-21(19)30-23/h1-13,15H,14H2,(H,24,29). The van der Waals surface area contributed by atoms with E-state index in [4.69, 9.17) is 0 Å². The van der Waals surface area contributed by atoms with Crippen molar-refractivity contribution in [3.63, 3.8) is 0 Å². The van der Waals surface area contributed by atoms with Crippen LogP contribution in [-0.2, 0) is 6.54 Å². The van der Waals surface area contributed by atoms with Crippen molar-refractivity contribution in [2.24, 2.45) is 0 Å². The van der Waals surface area contributed by atoms with Crippen LogP contribution in [0.2, 0.25) is 0 Å². The van der Waals surface area contributed by atoms with Crippen LogP contribution in [-0.4, -0.2) is 25.9 Å². The van der Waals surface area contributed by atoms with E-state index >= 15 is 0 Å². The van der Waals surface area contributed by atoms with E-state index in [0.717, 1.165) is 26.4 Å². The Bertz CT molecular complexity index is 1280. The summed E-state index contributed by atoms with van der Waals surface area (Å²) < 4.78 is 2.81. The van der Waals surface area contributed by atoms with Gasteiger partial charge < -0.3 is 5.32 Å². The first kappa shape index (κ1) is 18.2. The zero-order valence-corrected chi connectivity index (χ0v) is 16.7. The second-order valence-corrected chi connectivity index (χ2v) is 7.84. The average molecular weight is 411 g/mol. The van der Waals surface area contributed by atoms with Crippen LogP contribution in [0.3, 0.4) is 0 Å². The molecule has 6 nitrogen and oxygen atoms in total. The molecule has 2 aromatic heterocycles. The number of hydrogen-bond donors (Lipinski definition) is 1. The highest BCUT2D eigenvalue weighted by atomic mass is 32.1. The van der Waals surface area contributed by atoms with Gasteiger partial charge in [0.1, 0.15) is 5.01 Å². The molecular weight excluding hydrogens is 394 g/mol. The lowest BCUT2D eigenvalue weighted by Gasteiger charge is -2.04. The number of nitrogens with zero attached hydrogens (tertiary/aromatic N) is 4. The molecular formula is C23H17N5OS. The van der Waals surface area contributed by atoms with Gasteiger partial charge in [-0.05, 0) is 42.0 Å². The molecule has 0 saturated heterocycles. The quantitative estimate of drug-likeness (QED) is 0.448.